The fourth-order valence-electron chi connectivity index (χ4n) is 2.25. The smallest absolute Gasteiger partial charge is 0.222 e. The number of benzene rings is 1. The molecule has 1 aromatic heterocycles. The fourth-order valence-corrected chi connectivity index (χ4v) is 2.25. The minimum absolute atomic E-state index is 0. The lowest BCUT2D eigenvalue weighted by Crippen LogP contribution is -2.31. The third-order valence-electron chi connectivity index (χ3n) is 3.66. The number of hydrogen-bond acceptors (Lipinski definition) is 6. The SMILES string of the molecule is CCOc1ccc(Oc2cc(CNC(=O)CC(CN)OC)ccn2)cc1.Cl.Cl. The summed E-state index contributed by atoms with van der Waals surface area (Å²) < 4.78 is 16.2. The lowest BCUT2D eigenvalue weighted by molar-refractivity contribution is -0.123. The molecule has 0 radical (unpaired) electrons. The van der Waals surface area contributed by atoms with Gasteiger partial charge in [-0.2, -0.15) is 0 Å². The molecule has 1 amide bonds. The van der Waals surface area contributed by atoms with E-state index in [1.54, 1.807) is 12.3 Å². The molecule has 156 valence electrons. The fraction of sp³-hybridized carbons (Fsp3) is 0.368. The van der Waals surface area contributed by atoms with E-state index >= 15 is 0 Å². The van der Waals surface area contributed by atoms with E-state index in [4.69, 9.17) is 19.9 Å². The summed E-state index contributed by atoms with van der Waals surface area (Å²) >= 11 is 0. The van der Waals surface area contributed by atoms with Crippen LogP contribution >= 0.6 is 24.8 Å². The molecule has 28 heavy (non-hydrogen) atoms. The first-order chi connectivity index (χ1) is 12.6. The molecular weight excluding hydrogens is 405 g/mol. The van der Waals surface area contributed by atoms with E-state index in [0.29, 0.717) is 31.3 Å². The lowest BCUT2D eigenvalue weighted by Gasteiger charge is -2.13. The largest absolute Gasteiger partial charge is 0.494 e. The number of aromatic nitrogens is 1. The second-order valence-electron chi connectivity index (χ2n) is 5.58. The highest BCUT2D eigenvalue weighted by Gasteiger charge is 2.11. The predicted octanol–water partition coefficient (Wildman–Crippen LogP) is 3.10. The van der Waals surface area contributed by atoms with Gasteiger partial charge in [-0.3, -0.25) is 4.79 Å². The molecule has 1 aromatic carbocycles. The highest BCUT2D eigenvalue weighted by atomic mass is 35.5. The molecule has 0 fully saturated rings. The molecule has 1 unspecified atom stereocenters. The van der Waals surface area contributed by atoms with Gasteiger partial charge in [-0.05, 0) is 42.8 Å². The van der Waals surface area contributed by atoms with Crippen LogP contribution in [0.5, 0.6) is 17.4 Å². The van der Waals surface area contributed by atoms with Gasteiger partial charge in [-0.25, -0.2) is 4.98 Å². The van der Waals surface area contributed by atoms with Crippen LogP contribution in [-0.2, 0) is 16.1 Å². The Bertz CT molecular complexity index is 698. The van der Waals surface area contributed by atoms with E-state index in [2.05, 4.69) is 10.3 Å². The molecule has 0 bridgehead atoms. The van der Waals surface area contributed by atoms with E-state index < -0.39 is 0 Å². The van der Waals surface area contributed by atoms with Crippen molar-refractivity contribution in [2.24, 2.45) is 5.73 Å². The van der Waals surface area contributed by atoms with Gasteiger partial charge in [0.05, 0.1) is 19.1 Å². The van der Waals surface area contributed by atoms with E-state index in [9.17, 15) is 4.79 Å². The normalized spacial score (nSPS) is 10.8. The number of carbonyl (C=O) groups is 1. The number of carbonyl (C=O) groups excluding carboxylic acids is 1. The molecule has 2 aromatic rings. The molecule has 0 saturated heterocycles. The quantitative estimate of drug-likeness (QED) is 0.599. The zero-order valence-corrected chi connectivity index (χ0v) is 17.6. The molecule has 1 heterocycles. The Balaban J connectivity index is 0.00000364. The van der Waals surface area contributed by atoms with Gasteiger partial charge in [-0.15, -0.1) is 24.8 Å². The van der Waals surface area contributed by atoms with Gasteiger partial charge in [0.25, 0.3) is 0 Å². The van der Waals surface area contributed by atoms with Gasteiger partial charge in [0.15, 0.2) is 0 Å². The summed E-state index contributed by atoms with van der Waals surface area (Å²) in [5.74, 6) is 1.79. The van der Waals surface area contributed by atoms with E-state index in [0.717, 1.165) is 11.3 Å². The van der Waals surface area contributed by atoms with Crippen LogP contribution in [0.1, 0.15) is 18.9 Å². The Kier molecular flexibility index (Phi) is 13.0. The summed E-state index contributed by atoms with van der Waals surface area (Å²) in [6, 6.07) is 10.9. The van der Waals surface area contributed by atoms with E-state index in [1.807, 2.05) is 37.3 Å². The molecule has 9 heteroatoms. The Hall–Kier alpha value is -2.06. The summed E-state index contributed by atoms with van der Waals surface area (Å²) in [6.07, 6.45) is 1.60. The Morgan fingerprint density at radius 2 is 1.86 bits per heavy atom. The molecule has 0 saturated carbocycles. The van der Waals surface area contributed by atoms with E-state index in [1.165, 1.54) is 7.11 Å². The number of nitrogens with two attached hydrogens (primary N) is 1. The number of ether oxygens (including phenoxy) is 3. The maximum Gasteiger partial charge on any atom is 0.222 e. The van der Waals surface area contributed by atoms with E-state index in [-0.39, 0.29) is 43.2 Å². The average molecular weight is 432 g/mol. The van der Waals surface area contributed by atoms with Crippen LogP contribution in [0.15, 0.2) is 42.6 Å². The first kappa shape index (κ1) is 25.9. The summed E-state index contributed by atoms with van der Waals surface area (Å²) in [6.45, 7) is 3.23. The second-order valence-corrected chi connectivity index (χ2v) is 5.58. The molecule has 7 nitrogen and oxygen atoms in total. The van der Waals surface area contributed by atoms with Crippen LogP contribution in [0.2, 0.25) is 0 Å². The maximum absolute atomic E-state index is 11.9. The van der Waals surface area contributed by atoms with Crippen molar-refractivity contribution < 1.29 is 19.0 Å². The Morgan fingerprint density at radius 1 is 1.18 bits per heavy atom. The van der Waals surface area contributed by atoms with Crippen LogP contribution in [0.3, 0.4) is 0 Å². The number of nitrogens with one attached hydrogen (secondary N) is 1. The molecule has 3 N–H and O–H groups in total. The lowest BCUT2D eigenvalue weighted by atomic mass is 10.2. The molecule has 0 aliphatic carbocycles. The zero-order valence-electron chi connectivity index (χ0n) is 15.9. The van der Waals surface area contributed by atoms with Crippen molar-refractivity contribution in [1.29, 1.82) is 0 Å². The number of hydrogen-bond donors (Lipinski definition) is 2. The third-order valence-corrected chi connectivity index (χ3v) is 3.66. The summed E-state index contributed by atoms with van der Waals surface area (Å²) in [5, 5.41) is 2.84. The third kappa shape index (κ3) is 8.75. The highest BCUT2D eigenvalue weighted by molar-refractivity contribution is 5.85. The van der Waals surface area contributed by atoms with Crippen molar-refractivity contribution >= 4 is 30.7 Å². The predicted molar refractivity (Wildman–Crippen MR) is 113 cm³/mol. The summed E-state index contributed by atoms with van der Waals surface area (Å²) in [5.41, 5.74) is 6.41. The van der Waals surface area contributed by atoms with Crippen molar-refractivity contribution in [1.82, 2.24) is 10.3 Å². The molecule has 0 aliphatic heterocycles. The van der Waals surface area contributed by atoms with Crippen molar-refractivity contribution in [3.63, 3.8) is 0 Å². The van der Waals surface area contributed by atoms with Crippen molar-refractivity contribution in [3.8, 4) is 17.4 Å². The van der Waals surface area contributed by atoms with Crippen molar-refractivity contribution in [2.45, 2.75) is 26.0 Å². The zero-order chi connectivity index (χ0) is 18.8. The highest BCUT2D eigenvalue weighted by Crippen LogP contribution is 2.23. The minimum Gasteiger partial charge on any atom is -0.494 e. The minimum atomic E-state index is -0.272. The molecular formula is C19H27Cl2N3O4. The number of methoxy groups -OCH3 is 1. The molecule has 0 aliphatic rings. The van der Waals surface area contributed by atoms with Crippen molar-refractivity contribution in [3.05, 3.63) is 48.2 Å². The van der Waals surface area contributed by atoms with Gasteiger partial charge >= 0.3 is 0 Å². The first-order valence-corrected chi connectivity index (χ1v) is 8.49. The summed E-state index contributed by atoms with van der Waals surface area (Å²) in [7, 11) is 1.54. The topological polar surface area (TPSA) is 95.7 Å². The van der Waals surface area contributed by atoms with Gasteiger partial charge in [0.1, 0.15) is 11.5 Å². The monoisotopic (exact) mass is 431 g/mol. The number of pyridine rings is 1. The number of rotatable bonds is 10. The molecule has 2 rings (SSSR count). The van der Waals surface area contributed by atoms with Gasteiger partial charge in [0, 0.05) is 32.5 Å². The Labute approximate surface area is 177 Å². The first-order valence-electron chi connectivity index (χ1n) is 8.49. The van der Waals surface area contributed by atoms with Crippen LogP contribution in [0, 0.1) is 0 Å². The van der Waals surface area contributed by atoms with Crippen molar-refractivity contribution in [2.75, 3.05) is 20.3 Å². The second kappa shape index (κ2) is 14.0. The number of nitrogens with zero attached hydrogens (tertiary/aromatic N) is 1. The van der Waals surface area contributed by atoms with Crippen LogP contribution in [0.4, 0.5) is 0 Å². The number of amides is 1. The summed E-state index contributed by atoms with van der Waals surface area (Å²) in [4.78, 5) is 16.1. The van der Waals surface area contributed by atoms with Gasteiger partial charge < -0.3 is 25.3 Å². The Morgan fingerprint density at radius 3 is 2.46 bits per heavy atom. The maximum atomic E-state index is 11.9. The average Bonchev–Trinajstić information content (AvgIpc) is 2.66. The number of halogens is 2. The van der Waals surface area contributed by atoms with Gasteiger partial charge in [-0.1, -0.05) is 0 Å². The van der Waals surface area contributed by atoms with Crippen LogP contribution < -0.4 is 20.5 Å². The molecule has 0 spiro atoms. The van der Waals surface area contributed by atoms with Crippen LogP contribution in [0.25, 0.3) is 0 Å². The standard InChI is InChI=1S/C19H25N3O4.2ClH/c1-3-25-15-4-6-16(7-5-15)26-19-10-14(8-9-21-19)13-22-18(23)11-17(12-20)24-2;;/h4-10,17H,3,11-13,20H2,1-2H3,(H,22,23);2*1H. The van der Waals surface area contributed by atoms with Gasteiger partial charge in [0.2, 0.25) is 11.8 Å². The molecule has 1 atom stereocenters. The van der Waals surface area contributed by atoms with Crippen LogP contribution in [-0.4, -0.2) is 37.3 Å².